The lowest BCUT2D eigenvalue weighted by Crippen LogP contribution is -2.32. The summed E-state index contributed by atoms with van der Waals surface area (Å²) in [5.74, 6) is -0.184. The fourth-order valence-corrected chi connectivity index (χ4v) is 3.64. The number of carbonyl (C=O) groups is 2. The van der Waals surface area contributed by atoms with E-state index in [1.165, 1.54) is 17.7 Å². The number of rotatable bonds is 7. The lowest BCUT2D eigenvalue weighted by atomic mass is 10.1. The van der Waals surface area contributed by atoms with Crippen molar-refractivity contribution in [1.82, 2.24) is 5.32 Å². The second-order valence-corrected chi connectivity index (χ2v) is 8.02. The van der Waals surface area contributed by atoms with Crippen LogP contribution in [-0.4, -0.2) is 18.4 Å². The van der Waals surface area contributed by atoms with Gasteiger partial charge in [-0.05, 0) is 54.4 Å². The van der Waals surface area contributed by atoms with Crippen LogP contribution in [0.25, 0.3) is 0 Å². The molecule has 1 heterocycles. The van der Waals surface area contributed by atoms with Gasteiger partial charge in [0.05, 0.1) is 5.92 Å². The van der Waals surface area contributed by atoms with E-state index in [1.54, 1.807) is 29.2 Å². The molecule has 2 amide bonds. The van der Waals surface area contributed by atoms with Crippen LogP contribution in [0.15, 0.2) is 72.8 Å². The number of aryl methyl sites for hydroxylation is 1. The predicted octanol–water partition coefficient (Wildman–Crippen LogP) is 4.38. The standard InChI is InChI=1S/C26H25FN2O3/c1-18-2-4-19(5-3-18)15-28-26(31)21-14-25(30)29(16-21)23-10-12-24(13-11-23)32-17-20-6-8-22(27)9-7-20/h2-13,21H,14-17H2,1H3,(H,28,31). The van der Waals surface area contributed by atoms with Crippen LogP contribution >= 0.6 is 0 Å². The van der Waals surface area contributed by atoms with Gasteiger partial charge in [-0.3, -0.25) is 9.59 Å². The first-order chi connectivity index (χ1) is 15.5. The number of carbonyl (C=O) groups excluding carboxylic acids is 2. The molecule has 32 heavy (non-hydrogen) atoms. The Hall–Kier alpha value is -3.67. The fourth-order valence-electron chi connectivity index (χ4n) is 3.64. The van der Waals surface area contributed by atoms with Crippen LogP contribution in [0.5, 0.6) is 5.75 Å². The summed E-state index contributed by atoms with van der Waals surface area (Å²) in [5, 5.41) is 2.94. The zero-order valence-electron chi connectivity index (χ0n) is 17.9. The van der Waals surface area contributed by atoms with Gasteiger partial charge in [0.1, 0.15) is 18.2 Å². The number of halogens is 1. The van der Waals surface area contributed by atoms with Crippen LogP contribution in [0.2, 0.25) is 0 Å². The SMILES string of the molecule is Cc1ccc(CNC(=O)C2CC(=O)N(c3ccc(OCc4ccc(F)cc4)cc3)C2)cc1. The van der Waals surface area contributed by atoms with E-state index in [2.05, 4.69) is 5.32 Å². The summed E-state index contributed by atoms with van der Waals surface area (Å²) in [7, 11) is 0. The number of nitrogens with one attached hydrogen (secondary N) is 1. The van der Waals surface area contributed by atoms with Crippen molar-refractivity contribution in [1.29, 1.82) is 0 Å². The van der Waals surface area contributed by atoms with Crippen molar-refractivity contribution in [2.45, 2.75) is 26.5 Å². The molecule has 5 nitrogen and oxygen atoms in total. The molecule has 1 unspecified atom stereocenters. The molecule has 3 aromatic rings. The molecular formula is C26H25FN2O3. The molecule has 164 valence electrons. The van der Waals surface area contributed by atoms with Crippen molar-refractivity contribution >= 4 is 17.5 Å². The fraction of sp³-hybridized carbons (Fsp3) is 0.231. The molecule has 0 spiro atoms. The van der Waals surface area contributed by atoms with E-state index in [9.17, 15) is 14.0 Å². The maximum Gasteiger partial charge on any atom is 0.227 e. The van der Waals surface area contributed by atoms with Gasteiger partial charge < -0.3 is 15.0 Å². The number of amides is 2. The molecule has 1 aliphatic heterocycles. The maximum atomic E-state index is 13.0. The number of benzene rings is 3. The molecule has 0 aliphatic carbocycles. The third-order valence-corrected chi connectivity index (χ3v) is 5.55. The van der Waals surface area contributed by atoms with E-state index in [0.29, 0.717) is 25.4 Å². The summed E-state index contributed by atoms with van der Waals surface area (Å²) < 4.78 is 18.7. The Bertz CT molecular complexity index is 1080. The Kier molecular flexibility index (Phi) is 6.50. The third kappa shape index (κ3) is 5.32. The zero-order chi connectivity index (χ0) is 22.5. The smallest absolute Gasteiger partial charge is 0.227 e. The van der Waals surface area contributed by atoms with Gasteiger partial charge in [0.15, 0.2) is 0 Å². The number of hydrogen-bond acceptors (Lipinski definition) is 3. The van der Waals surface area contributed by atoms with E-state index in [4.69, 9.17) is 4.74 Å². The van der Waals surface area contributed by atoms with Crippen molar-refractivity contribution in [3.63, 3.8) is 0 Å². The second kappa shape index (κ2) is 9.64. The lowest BCUT2D eigenvalue weighted by Gasteiger charge is -2.17. The summed E-state index contributed by atoms with van der Waals surface area (Å²) in [6.45, 7) is 3.15. The first kappa shape index (κ1) is 21.6. The van der Waals surface area contributed by atoms with Crippen molar-refractivity contribution < 1.29 is 18.7 Å². The second-order valence-electron chi connectivity index (χ2n) is 8.02. The highest BCUT2D eigenvalue weighted by Crippen LogP contribution is 2.27. The highest BCUT2D eigenvalue weighted by Gasteiger charge is 2.35. The van der Waals surface area contributed by atoms with E-state index in [-0.39, 0.29) is 30.0 Å². The van der Waals surface area contributed by atoms with Gasteiger partial charge in [-0.15, -0.1) is 0 Å². The molecule has 1 saturated heterocycles. The topological polar surface area (TPSA) is 58.6 Å². The Morgan fingerprint density at radius 3 is 2.34 bits per heavy atom. The van der Waals surface area contributed by atoms with E-state index in [0.717, 1.165) is 16.8 Å². The van der Waals surface area contributed by atoms with Gasteiger partial charge in [-0.2, -0.15) is 0 Å². The van der Waals surface area contributed by atoms with Crippen LogP contribution in [0.1, 0.15) is 23.1 Å². The van der Waals surface area contributed by atoms with Gasteiger partial charge in [0.25, 0.3) is 0 Å². The van der Waals surface area contributed by atoms with Gasteiger partial charge in [0.2, 0.25) is 11.8 Å². The Labute approximate surface area is 186 Å². The summed E-state index contributed by atoms with van der Waals surface area (Å²) in [6.07, 6.45) is 0.197. The maximum absolute atomic E-state index is 13.0. The molecule has 4 rings (SSSR count). The molecule has 1 N–H and O–H groups in total. The van der Waals surface area contributed by atoms with E-state index < -0.39 is 0 Å². The molecule has 0 saturated carbocycles. The molecule has 3 aromatic carbocycles. The lowest BCUT2D eigenvalue weighted by molar-refractivity contribution is -0.126. The molecule has 0 aromatic heterocycles. The van der Waals surface area contributed by atoms with Crippen molar-refractivity contribution in [2.75, 3.05) is 11.4 Å². The van der Waals surface area contributed by atoms with Crippen LogP contribution in [0.4, 0.5) is 10.1 Å². The average molecular weight is 432 g/mol. The predicted molar refractivity (Wildman–Crippen MR) is 121 cm³/mol. The molecule has 1 aliphatic rings. The average Bonchev–Trinajstić information content (AvgIpc) is 3.20. The Balaban J connectivity index is 1.30. The Morgan fingerprint density at radius 1 is 1.00 bits per heavy atom. The summed E-state index contributed by atoms with van der Waals surface area (Å²) in [4.78, 5) is 26.7. The van der Waals surface area contributed by atoms with Gasteiger partial charge in [-0.1, -0.05) is 42.0 Å². The molecule has 0 bridgehead atoms. The van der Waals surface area contributed by atoms with Crippen LogP contribution in [-0.2, 0) is 22.7 Å². The molecular weight excluding hydrogens is 407 g/mol. The molecule has 0 radical (unpaired) electrons. The van der Waals surface area contributed by atoms with Gasteiger partial charge in [-0.25, -0.2) is 4.39 Å². The minimum atomic E-state index is -0.373. The number of ether oxygens (including phenoxy) is 1. The number of hydrogen-bond donors (Lipinski definition) is 1. The summed E-state index contributed by atoms with van der Waals surface area (Å²) >= 11 is 0. The number of anilines is 1. The largest absolute Gasteiger partial charge is 0.489 e. The quantitative estimate of drug-likeness (QED) is 0.603. The summed E-state index contributed by atoms with van der Waals surface area (Å²) in [6, 6.07) is 21.3. The minimum absolute atomic E-state index is 0.0690. The van der Waals surface area contributed by atoms with Crippen molar-refractivity contribution in [3.8, 4) is 5.75 Å². The van der Waals surface area contributed by atoms with Gasteiger partial charge >= 0.3 is 0 Å². The highest BCUT2D eigenvalue weighted by molar-refractivity contribution is 6.00. The first-order valence-corrected chi connectivity index (χ1v) is 10.6. The van der Waals surface area contributed by atoms with Crippen LogP contribution < -0.4 is 15.0 Å². The molecule has 1 atom stereocenters. The van der Waals surface area contributed by atoms with Crippen molar-refractivity contribution in [3.05, 3.63) is 95.3 Å². The van der Waals surface area contributed by atoms with E-state index >= 15 is 0 Å². The Morgan fingerprint density at radius 2 is 1.66 bits per heavy atom. The third-order valence-electron chi connectivity index (χ3n) is 5.55. The van der Waals surface area contributed by atoms with Gasteiger partial charge in [0, 0.05) is 25.2 Å². The first-order valence-electron chi connectivity index (χ1n) is 10.6. The number of nitrogens with zero attached hydrogens (tertiary/aromatic N) is 1. The van der Waals surface area contributed by atoms with Crippen LogP contribution in [0.3, 0.4) is 0 Å². The minimum Gasteiger partial charge on any atom is -0.489 e. The summed E-state index contributed by atoms with van der Waals surface area (Å²) in [5.41, 5.74) is 3.80. The monoisotopic (exact) mass is 432 g/mol. The van der Waals surface area contributed by atoms with Crippen LogP contribution in [0, 0.1) is 18.7 Å². The van der Waals surface area contributed by atoms with E-state index in [1.807, 2.05) is 43.3 Å². The zero-order valence-corrected chi connectivity index (χ0v) is 17.9. The highest BCUT2D eigenvalue weighted by atomic mass is 19.1. The van der Waals surface area contributed by atoms with Crippen molar-refractivity contribution in [2.24, 2.45) is 5.92 Å². The molecule has 1 fully saturated rings. The normalized spacial score (nSPS) is 15.6. The molecule has 6 heteroatoms.